The van der Waals surface area contributed by atoms with Crippen LogP contribution in [-0.4, -0.2) is 42.7 Å². The average molecular weight is 517 g/mol. The minimum absolute atomic E-state index is 0.0585. The van der Waals surface area contributed by atoms with Crippen LogP contribution < -0.4 is 14.4 Å². The highest BCUT2D eigenvalue weighted by Crippen LogP contribution is 2.27. The number of aryl methyl sites for hydroxylation is 1. The van der Waals surface area contributed by atoms with Gasteiger partial charge in [-0.25, -0.2) is 16.8 Å². The number of hydrogen-bond acceptors (Lipinski definition) is 6. The maximum Gasteiger partial charge on any atom is 0.264 e. The Hall–Kier alpha value is -3.37. The zero-order chi connectivity index (χ0) is 25.8. The summed E-state index contributed by atoms with van der Waals surface area (Å²) >= 11 is 0. The maximum atomic E-state index is 13.5. The summed E-state index contributed by atoms with van der Waals surface area (Å²) in [5.74, 6) is -0.0745. The molecular formula is C25H28N2O6S2. The van der Waals surface area contributed by atoms with E-state index in [1.54, 1.807) is 55.5 Å². The monoisotopic (exact) mass is 516 g/mol. The first kappa shape index (κ1) is 26.2. The molecule has 35 heavy (non-hydrogen) atoms. The summed E-state index contributed by atoms with van der Waals surface area (Å²) in [6, 6.07) is 18.6. The molecule has 0 heterocycles. The van der Waals surface area contributed by atoms with Gasteiger partial charge in [0.25, 0.3) is 10.0 Å². The quantitative estimate of drug-likeness (QED) is 0.466. The minimum Gasteiger partial charge on any atom is -0.497 e. The van der Waals surface area contributed by atoms with E-state index in [1.165, 1.54) is 31.4 Å². The Morgan fingerprint density at radius 2 is 1.54 bits per heavy atom. The topological polar surface area (TPSA) is 110 Å². The molecule has 0 saturated heterocycles. The number of carbonyl (C=O) groups is 1. The van der Waals surface area contributed by atoms with E-state index in [9.17, 15) is 21.6 Å². The summed E-state index contributed by atoms with van der Waals surface area (Å²) in [4.78, 5) is 13.2. The summed E-state index contributed by atoms with van der Waals surface area (Å²) < 4.78 is 56.7. The predicted molar refractivity (Wildman–Crippen MR) is 135 cm³/mol. The lowest BCUT2D eigenvalue weighted by Gasteiger charge is -2.25. The molecule has 0 saturated carbocycles. The summed E-state index contributed by atoms with van der Waals surface area (Å²) in [6.45, 7) is 3.13. The molecule has 0 bridgehead atoms. The van der Waals surface area contributed by atoms with Gasteiger partial charge < -0.3 is 10.1 Å². The molecule has 8 nitrogen and oxygen atoms in total. The van der Waals surface area contributed by atoms with Gasteiger partial charge in [-0.05, 0) is 55.8 Å². The smallest absolute Gasteiger partial charge is 0.264 e. The van der Waals surface area contributed by atoms with Crippen molar-refractivity contribution in [1.82, 2.24) is 5.32 Å². The lowest BCUT2D eigenvalue weighted by atomic mass is 10.1. The fourth-order valence-electron chi connectivity index (χ4n) is 3.42. The molecule has 3 aromatic rings. The molecule has 0 spiro atoms. The number of carbonyl (C=O) groups excluding carboxylic acids is 1. The van der Waals surface area contributed by atoms with E-state index in [2.05, 4.69) is 5.32 Å². The van der Waals surface area contributed by atoms with E-state index >= 15 is 0 Å². The van der Waals surface area contributed by atoms with Crippen LogP contribution in [0.5, 0.6) is 5.75 Å². The number of sulfonamides is 1. The second kappa shape index (κ2) is 10.5. The first-order valence-corrected chi connectivity index (χ1v) is 14.1. The lowest BCUT2D eigenvalue weighted by molar-refractivity contribution is -0.120. The molecule has 1 amide bonds. The van der Waals surface area contributed by atoms with Crippen LogP contribution in [0.15, 0.2) is 82.6 Å². The lowest BCUT2D eigenvalue weighted by Crippen LogP contribution is -2.41. The van der Waals surface area contributed by atoms with Crippen LogP contribution in [0.4, 0.5) is 5.69 Å². The van der Waals surface area contributed by atoms with Crippen molar-refractivity contribution in [3.63, 3.8) is 0 Å². The Balaban J connectivity index is 1.88. The number of hydrogen-bond donors (Lipinski definition) is 1. The van der Waals surface area contributed by atoms with Gasteiger partial charge in [-0.3, -0.25) is 9.10 Å². The Bertz CT molecular complexity index is 1400. The minimum atomic E-state index is -4.06. The molecule has 1 atom stereocenters. The number of nitrogens with one attached hydrogen (secondary N) is 1. The van der Waals surface area contributed by atoms with E-state index in [0.717, 1.165) is 16.1 Å². The van der Waals surface area contributed by atoms with Crippen molar-refractivity contribution in [1.29, 1.82) is 0 Å². The molecule has 0 aliphatic rings. The van der Waals surface area contributed by atoms with Crippen LogP contribution in [0.3, 0.4) is 0 Å². The van der Waals surface area contributed by atoms with Gasteiger partial charge in [0, 0.05) is 12.3 Å². The van der Waals surface area contributed by atoms with E-state index in [-0.39, 0.29) is 15.5 Å². The molecule has 3 aromatic carbocycles. The number of sulfone groups is 1. The molecule has 0 aliphatic carbocycles. The molecule has 0 unspecified atom stereocenters. The first-order chi connectivity index (χ1) is 16.4. The van der Waals surface area contributed by atoms with Gasteiger partial charge in [0.15, 0.2) is 9.84 Å². The van der Waals surface area contributed by atoms with E-state index in [4.69, 9.17) is 4.74 Å². The summed E-state index contributed by atoms with van der Waals surface area (Å²) in [6.07, 6.45) is 1.12. The standard InChI is InChI=1S/C25H28N2O6S2/c1-18-8-12-24(13-9-18)35(31,32)27(21-6-5-7-22(16-21)33-3)17-25(28)26-19(2)20-10-14-23(15-11-20)34(4,29)30/h5-16,19H,17H2,1-4H3,(H,26,28)/t19-/m1/s1. The second-order valence-corrected chi connectivity index (χ2v) is 12.0. The second-order valence-electron chi connectivity index (χ2n) is 8.16. The van der Waals surface area contributed by atoms with Gasteiger partial charge in [0.05, 0.1) is 28.6 Å². The average Bonchev–Trinajstić information content (AvgIpc) is 2.82. The van der Waals surface area contributed by atoms with Crippen LogP contribution in [0, 0.1) is 6.92 Å². The fraction of sp³-hybridized carbons (Fsp3) is 0.240. The highest BCUT2D eigenvalue weighted by Gasteiger charge is 2.28. The van der Waals surface area contributed by atoms with Crippen LogP contribution >= 0.6 is 0 Å². The summed E-state index contributed by atoms with van der Waals surface area (Å²) in [5.41, 5.74) is 1.87. The largest absolute Gasteiger partial charge is 0.497 e. The summed E-state index contributed by atoms with van der Waals surface area (Å²) in [5, 5.41) is 2.79. The predicted octanol–water partition coefficient (Wildman–Crippen LogP) is 3.48. The molecule has 1 N–H and O–H groups in total. The number of benzene rings is 3. The van der Waals surface area contributed by atoms with Gasteiger partial charge in [0.2, 0.25) is 5.91 Å². The third kappa shape index (κ3) is 6.40. The van der Waals surface area contributed by atoms with Gasteiger partial charge in [0.1, 0.15) is 12.3 Å². The number of nitrogens with zero attached hydrogens (tertiary/aromatic N) is 1. The van der Waals surface area contributed by atoms with Crippen LogP contribution in [0.1, 0.15) is 24.1 Å². The SMILES string of the molecule is COc1cccc(N(CC(=O)N[C@H](C)c2ccc(S(C)(=O)=O)cc2)S(=O)(=O)c2ccc(C)cc2)c1. The molecular weight excluding hydrogens is 488 g/mol. The number of anilines is 1. The normalized spacial score (nSPS) is 12.6. The number of rotatable bonds is 9. The van der Waals surface area contributed by atoms with Crippen molar-refractivity contribution in [3.05, 3.63) is 83.9 Å². The van der Waals surface area contributed by atoms with E-state index in [1.807, 2.05) is 6.92 Å². The Morgan fingerprint density at radius 1 is 0.943 bits per heavy atom. The molecule has 0 aromatic heterocycles. The first-order valence-electron chi connectivity index (χ1n) is 10.7. The van der Waals surface area contributed by atoms with Crippen molar-refractivity contribution in [2.45, 2.75) is 29.7 Å². The van der Waals surface area contributed by atoms with Gasteiger partial charge >= 0.3 is 0 Å². The van der Waals surface area contributed by atoms with Crippen LogP contribution in [0.2, 0.25) is 0 Å². The fourth-order valence-corrected chi connectivity index (χ4v) is 5.47. The van der Waals surface area contributed by atoms with Crippen molar-refractivity contribution >= 4 is 31.5 Å². The molecule has 10 heteroatoms. The van der Waals surface area contributed by atoms with Gasteiger partial charge in [-0.1, -0.05) is 35.9 Å². The number of ether oxygens (including phenoxy) is 1. The van der Waals surface area contributed by atoms with Gasteiger partial charge in [-0.15, -0.1) is 0 Å². The molecule has 0 aliphatic heterocycles. The summed E-state index contributed by atoms with van der Waals surface area (Å²) in [7, 11) is -5.93. The van der Waals surface area contributed by atoms with Crippen molar-refractivity contribution in [2.24, 2.45) is 0 Å². The third-order valence-electron chi connectivity index (χ3n) is 5.42. The third-order valence-corrected chi connectivity index (χ3v) is 8.34. The molecule has 186 valence electrons. The molecule has 0 fully saturated rings. The van der Waals surface area contributed by atoms with Crippen molar-refractivity contribution in [2.75, 3.05) is 24.2 Å². The molecule has 3 rings (SSSR count). The zero-order valence-corrected chi connectivity index (χ0v) is 21.6. The highest BCUT2D eigenvalue weighted by molar-refractivity contribution is 7.93. The number of methoxy groups -OCH3 is 1. The van der Waals surface area contributed by atoms with E-state index < -0.39 is 38.4 Å². The number of amides is 1. The Morgan fingerprint density at radius 3 is 2.11 bits per heavy atom. The Kier molecular flexibility index (Phi) is 7.86. The maximum absolute atomic E-state index is 13.5. The van der Waals surface area contributed by atoms with Crippen LogP contribution in [-0.2, 0) is 24.7 Å². The Labute approximate surface area is 206 Å². The highest BCUT2D eigenvalue weighted by atomic mass is 32.2. The van der Waals surface area contributed by atoms with Crippen molar-refractivity contribution < 1.29 is 26.4 Å². The van der Waals surface area contributed by atoms with Crippen molar-refractivity contribution in [3.8, 4) is 5.75 Å². The molecule has 0 radical (unpaired) electrons. The van der Waals surface area contributed by atoms with E-state index in [0.29, 0.717) is 11.3 Å². The zero-order valence-electron chi connectivity index (χ0n) is 19.9. The van der Waals surface area contributed by atoms with Crippen LogP contribution in [0.25, 0.3) is 0 Å². The van der Waals surface area contributed by atoms with Gasteiger partial charge in [-0.2, -0.15) is 0 Å².